The Bertz CT molecular complexity index is 1100. The van der Waals surface area contributed by atoms with Crippen molar-refractivity contribution in [3.8, 4) is 16.2 Å². The largest absolute Gasteiger partial charge is 0.506 e. The quantitative estimate of drug-likeness (QED) is 0.393. The summed E-state index contributed by atoms with van der Waals surface area (Å²) in [5.41, 5.74) is 7.01. The molecule has 5 nitrogen and oxygen atoms in total. The van der Waals surface area contributed by atoms with Crippen LogP contribution in [0.2, 0.25) is 10.0 Å². The number of hydrogen-bond donors (Lipinski definition) is 2. The SMILES string of the molecule is CC(=NCC(=O)c1ccc(C(N)=O)s1)c1csc(-c2ccc(Cl)c(Cl)c2)c1O. The van der Waals surface area contributed by atoms with E-state index in [1.807, 2.05) is 0 Å². The van der Waals surface area contributed by atoms with E-state index in [9.17, 15) is 14.7 Å². The van der Waals surface area contributed by atoms with Gasteiger partial charge in [-0.15, -0.1) is 22.7 Å². The maximum Gasteiger partial charge on any atom is 0.258 e. The number of benzene rings is 1. The molecule has 0 aliphatic carbocycles. The molecule has 0 saturated carbocycles. The number of thiophene rings is 2. The van der Waals surface area contributed by atoms with Crippen molar-refractivity contribution in [3.05, 3.63) is 61.1 Å². The van der Waals surface area contributed by atoms with Crippen molar-refractivity contribution >= 4 is 63.3 Å². The van der Waals surface area contributed by atoms with Gasteiger partial charge in [-0.3, -0.25) is 14.6 Å². The van der Waals surface area contributed by atoms with E-state index in [1.165, 1.54) is 17.4 Å². The van der Waals surface area contributed by atoms with Crippen LogP contribution in [0.4, 0.5) is 0 Å². The first-order chi connectivity index (χ1) is 13.3. The van der Waals surface area contributed by atoms with E-state index in [2.05, 4.69) is 4.99 Å². The maximum absolute atomic E-state index is 12.3. The molecule has 1 amide bonds. The molecule has 144 valence electrons. The van der Waals surface area contributed by atoms with Gasteiger partial charge in [0.1, 0.15) is 12.3 Å². The molecule has 3 N–H and O–H groups in total. The van der Waals surface area contributed by atoms with Gasteiger partial charge < -0.3 is 10.8 Å². The number of aromatic hydroxyl groups is 1. The molecule has 3 rings (SSSR count). The molecule has 1 aromatic carbocycles. The van der Waals surface area contributed by atoms with E-state index in [4.69, 9.17) is 28.9 Å². The van der Waals surface area contributed by atoms with Crippen LogP contribution >= 0.6 is 45.9 Å². The number of rotatable bonds is 6. The molecule has 0 unspecified atom stereocenters. The van der Waals surface area contributed by atoms with Gasteiger partial charge in [0.15, 0.2) is 5.78 Å². The van der Waals surface area contributed by atoms with Gasteiger partial charge in [-0.1, -0.05) is 29.3 Å². The Labute approximate surface area is 179 Å². The van der Waals surface area contributed by atoms with Gasteiger partial charge in [0.2, 0.25) is 0 Å². The van der Waals surface area contributed by atoms with Gasteiger partial charge in [0.05, 0.1) is 24.7 Å². The number of nitrogens with two attached hydrogens (primary N) is 1. The van der Waals surface area contributed by atoms with Crippen molar-refractivity contribution in [2.45, 2.75) is 6.92 Å². The van der Waals surface area contributed by atoms with Crippen LogP contribution < -0.4 is 5.73 Å². The highest BCUT2D eigenvalue weighted by atomic mass is 35.5. The van der Waals surface area contributed by atoms with Crippen molar-refractivity contribution in [1.82, 2.24) is 0 Å². The highest BCUT2D eigenvalue weighted by Gasteiger charge is 2.16. The van der Waals surface area contributed by atoms with Gasteiger partial charge >= 0.3 is 0 Å². The molecule has 0 fully saturated rings. The van der Waals surface area contributed by atoms with Crippen LogP contribution in [-0.4, -0.2) is 29.1 Å². The Morgan fingerprint density at radius 2 is 1.86 bits per heavy atom. The Kier molecular flexibility index (Phi) is 6.20. The third-order valence-electron chi connectivity index (χ3n) is 3.92. The minimum atomic E-state index is -0.568. The number of primary amides is 1. The van der Waals surface area contributed by atoms with Crippen LogP contribution in [-0.2, 0) is 0 Å². The van der Waals surface area contributed by atoms with E-state index in [0.29, 0.717) is 36.0 Å². The van der Waals surface area contributed by atoms with E-state index in [-0.39, 0.29) is 18.1 Å². The van der Waals surface area contributed by atoms with Crippen molar-refractivity contribution < 1.29 is 14.7 Å². The number of Topliss-reactive ketones (excluding diaryl/α,β-unsaturated/α-hetero) is 1. The predicted octanol–water partition coefficient (Wildman–Crippen LogP) is 5.28. The molecule has 0 bridgehead atoms. The number of halogens is 2. The predicted molar refractivity (Wildman–Crippen MR) is 116 cm³/mol. The molecule has 0 aliphatic heterocycles. The maximum atomic E-state index is 12.3. The zero-order valence-electron chi connectivity index (χ0n) is 14.5. The fourth-order valence-corrected chi connectivity index (χ4v) is 4.51. The lowest BCUT2D eigenvalue weighted by molar-refractivity contribution is 0.0998. The summed E-state index contributed by atoms with van der Waals surface area (Å²) in [7, 11) is 0. The molecular weight excluding hydrogens is 439 g/mol. The Morgan fingerprint density at radius 3 is 2.50 bits per heavy atom. The Morgan fingerprint density at radius 1 is 1.14 bits per heavy atom. The van der Waals surface area contributed by atoms with Crippen LogP contribution in [0.15, 0.2) is 40.7 Å². The van der Waals surface area contributed by atoms with E-state index < -0.39 is 5.91 Å². The average molecular weight is 453 g/mol. The lowest BCUT2D eigenvalue weighted by Gasteiger charge is -2.03. The van der Waals surface area contributed by atoms with Gasteiger partial charge in [-0.2, -0.15) is 0 Å². The van der Waals surface area contributed by atoms with E-state index in [0.717, 1.165) is 16.9 Å². The van der Waals surface area contributed by atoms with Crippen LogP contribution in [0.5, 0.6) is 5.75 Å². The summed E-state index contributed by atoms with van der Waals surface area (Å²) in [4.78, 5) is 29.1. The monoisotopic (exact) mass is 452 g/mol. The van der Waals surface area contributed by atoms with Crippen molar-refractivity contribution in [3.63, 3.8) is 0 Å². The normalized spacial score (nSPS) is 11.6. The minimum Gasteiger partial charge on any atom is -0.506 e. The molecule has 0 saturated heterocycles. The fourth-order valence-electron chi connectivity index (χ4n) is 2.42. The van der Waals surface area contributed by atoms with Crippen LogP contribution in [0, 0.1) is 0 Å². The van der Waals surface area contributed by atoms with Crippen LogP contribution in [0.25, 0.3) is 10.4 Å². The molecule has 0 radical (unpaired) electrons. The third-order valence-corrected chi connectivity index (χ3v) is 6.82. The first-order valence-electron chi connectivity index (χ1n) is 7.98. The number of hydrogen-bond acceptors (Lipinski definition) is 6. The third kappa shape index (κ3) is 4.28. The lowest BCUT2D eigenvalue weighted by atomic mass is 10.1. The molecule has 28 heavy (non-hydrogen) atoms. The number of aliphatic imine (C=N–C) groups is 1. The first kappa shape index (κ1) is 20.5. The van der Waals surface area contributed by atoms with E-state index >= 15 is 0 Å². The minimum absolute atomic E-state index is 0.0734. The fraction of sp³-hybridized carbons (Fsp3) is 0.105. The smallest absolute Gasteiger partial charge is 0.258 e. The number of carbonyl (C=O) groups is 2. The molecule has 2 aromatic heterocycles. The summed E-state index contributed by atoms with van der Waals surface area (Å²) in [6, 6.07) is 8.20. The molecule has 9 heteroatoms. The Balaban J connectivity index is 1.79. The topological polar surface area (TPSA) is 92.8 Å². The molecule has 2 heterocycles. The van der Waals surface area contributed by atoms with Crippen molar-refractivity contribution in [1.29, 1.82) is 0 Å². The van der Waals surface area contributed by atoms with Gasteiger partial charge in [-0.25, -0.2) is 0 Å². The summed E-state index contributed by atoms with van der Waals surface area (Å²) < 4.78 is 0. The molecule has 0 spiro atoms. The molecule has 0 atom stereocenters. The number of ketones is 1. The second-order valence-corrected chi connectivity index (χ2v) is 8.59. The molecular formula is C19H14Cl2N2O3S2. The zero-order chi connectivity index (χ0) is 20.4. The lowest BCUT2D eigenvalue weighted by Crippen LogP contribution is -2.08. The second-order valence-electron chi connectivity index (χ2n) is 5.81. The number of carbonyl (C=O) groups excluding carboxylic acids is 2. The highest BCUT2D eigenvalue weighted by molar-refractivity contribution is 7.16. The summed E-state index contributed by atoms with van der Waals surface area (Å²) >= 11 is 14.4. The van der Waals surface area contributed by atoms with Crippen molar-refractivity contribution in [2.75, 3.05) is 6.54 Å². The van der Waals surface area contributed by atoms with E-state index in [1.54, 1.807) is 36.6 Å². The average Bonchev–Trinajstić information content (AvgIpc) is 3.29. The van der Waals surface area contributed by atoms with Gasteiger partial charge in [0.25, 0.3) is 5.91 Å². The summed E-state index contributed by atoms with van der Waals surface area (Å²) in [5, 5.41) is 13.2. The second kappa shape index (κ2) is 8.45. The first-order valence-corrected chi connectivity index (χ1v) is 10.4. The number of nitrogens with zero attached hydrogens (tertiary/aromatic N) is 1. The highest BCUT2D eigenvalue weighted by Crippen LogP contribution is 2.40. The standard InChI is InChI=1S/C19H14Cl2N2O3S2/c1-9(23-7-14(24)15-4-5-16(28-15)19(22)26)11-8-27-18(17(11)25)10-2-3-12(20)13(21)6-10/h2-6,8,25H,7H2,1H3,(H2,22,26). The summed E-state index contributed by atoms with van der Waals surface area (Å²) in [5.74, 6) is -0.720. The summed E-state index contributed by atoms with van der Waals surface area (Å²) in [6.07, 6.45) is 0. The summed E-state index contributed by atoms with van der Waals surface area (Å²) in [6.45, 7) is 1.62. The molecule has 0 aliphatic rings. The zero-order valence-corrected chi connectivity index (χ0v) is 17.7. The number of amides is 1. The van der Waals surface area contributed by atoms with Crippen LogP contribution in [0.1, 0.15) is 31.8 Å². The molecule has 3 aromatic rings. The van der Waals surface area contributed by atoms with Crippen molar-refractivity contribution in [2.24, 2.45) is 10.7 Å². The van der Waals surface area contributed by atoms with Gasteiger partial charge in [0, 0.05) is 16.7 Å². The Hall–Kier alpha value is -2.19. The van der Waals surface area contributed by atoms with Gasteiger partial charge in [-0.05, 0) is 36.8 Å². The van der Waals surface area contributed by atoms with Crippen LogP contribution in [0.3, 0.4) is 0 Å².